The van der Waals surface area contributed by atoms with E-state index in [0.29, 0.717) is 0 Å². The van der Waals surface area contributed by atoms with Gasteiger partial charge in [0, 0.05) is 35.7 Å². The van der Waals surface area contributed by atoms with Crippen molar-refractivity contribution >= 4 is 41.3 Å². The zero-order valence-corrected chi connectivity index (χ0v) is 18.2. The quantitative estimate of drug-likeness (QED) is 0.256. The highest BCUT2D eigenvalue weighted by atomic mass is 32.1. The number of para-hydroxylation sites is 1. The molecule has 3 aromatic rings. The van der Waals surface area contributed by atoms with Crippen molar-refractivity contribution in [2.45, 2.75) is 31.0 Å². The molecule has 0 saturated carbocycles. The number of carbonyl (C=O) groups is 3. The third-order valence-corrected chi connectivity index (χ3v) is 5.56. The predicted octanol–water partition coefficient (Wildman–Crippen LogP) is 1.26. The third-order valence-electron chi connectivity index (χ3n) is 5.16. The molecule has 0 aliphatic carbocycles. The molecule has 0 aliphatic rings. The summed E-state index contributed by atoms with van der Waals surface area (Å²) in [4.78, 5) is 40.4. The average Bonchev–Trinajstić information content (AvgIpc) is 3.21. The number of carboxylic acid groups (broad SMARTS) is 1. The molecule has 0 unspecified atom stereocenters. The van der Waals surface area contributed by atoms with Crippen molar-refractivity contribution in [1.82, 2.24) is 15.6 Å². The molecule has 0 fully saturated rings. The van der Waals surface area contributed by atoms with Gasteiger partial charge < -0.3 is 26.5 Å². The number of carboxylic acids is 1. The maximum atomic E-state index is 13.1. The molecular formula is C23H26N4O4S. The van der Waals surface area contributed by atoms with Crippen molar-refractivity contribution in [2.24, 2.45) is 5.73 Å². The van der Waals surface area contributed by atoms with Crippen LogP contribution in [0, 0.1) is 0 Å². The van der Waals surface area contributed by atoms with Crippen molar-refractivity contribution in [3.8, 4) is 0 Å². The van der Waals surface area contributed by atoms with Crippen LogP contribution >= 0.6 is 12.6 Å². The zero-order valence-electron chi connectivity index (χ0n) is 17.3. The summed E-state index contributed by atoms with van der Waals surface area (Å²) in [6.45, 7) is 0. The van der Waals surface area contributed by atoms with Crippen LogP contribution in [0.5, 0.6) is 0 Å². The van der Waals surface area contributed by atoms with Crippen LogP contribution in [0.4, 0.5) is 0 Å². The second-order valence-electron chi connectivity index (χ2n) is 7.50. The maximum Gasteiger partial charge on any atom is 0.326 e. The number of aromatic amines is 1. The number of aliphatic carboxylic acids is 1. The first-order valence-electron chi connectivity index (χ1n) is 10.2. The van der Waals surface area contributed by atoms with E-state index in [2.05, 4.69) is 28.2 Å². The molecule has 8 nitrogen and oxygen atoms in total. The van der Waals surface area contributed by atoms with E-state index in [1.165, 1.54) is 0 Å². The minimum absolute atomic E-state index is 0.110. The van der Waals surface area contributed by atoms with Gasteiger partial charge in [0.25, 0.3) is 0 Å². The van der Waals surface area contributed by atoms with Crippen molar-refractivity contribution in [1.29, 1.82) is 0 Å². The van der Waals surface area contributed by atoms with E-state index in [9.17, 15) is 19.5 Å². The highest BCUT2D eigenvalue weighted by molar-refractivity contribution is 7.80. The Morgan fingerprint density at radius 2 is 1.59 bits per heavy atom. The van der Waals surface area contributed by atoms with Crippen LogP contribution in [0.3, 0.4) is 0 Å². The van der Waals surface area contributed by atoms with Gasteiger partial charge in [-0.3, -0.25) is 9.59 Å². The first-order valence-corrected chi connectivity index (χ1v) is 10.8. The smallest absolute Gasteiger partial charge is 0.326 e. The fourth-order valence-corrected chi connectivity index (χ4v) is 3.58. The second kappa shape index (κ2) is 10.8. The normalized spacial score (nSPS) is 13.8. The lowest BCUT2D eigenvalue weighted by molar-refractivity contribution is -0.142. The van der Waals surface area contributed by atoms with Crippen molar-refractivity contribution in [3.05, 3.63) is 71.9 Å². The van der Waals surface area contributed by atoms with Gasteiger partial charge in [-0.1, -0.05) is 48.5 Å². The van der Waals surface area contributed by atoms with Crippen molar-refractivity contribution in [2.75, 3.05) is 5.75 Å². The number of nitrogens with one attached hydrogen (secondary N) is 3. The second-order valence-corrected chi connectivity index (χ2v) is 7.87. The number of rotatable bonds is 10. The fourth-order valence-electron chi connectivity index (χ4n) is 3.41. The molecule has 0 bridgehead atoms. The number of hydrogen-bond acceptors (Lipinski definition) is 5. The van der Waals surface area contributed by atoms with Gasteiger partial charge in [0.2, 0.25) is 11.8 Å². The summed E-state index contributed by atoms with van der Waals surface area (Å²) in [5.41, 5.74) is 8.24. The van der Waals surface area contributed by atoms with Gasteiger partial charge in [-0.05, 0) is 17.2 Å². The SMILES string of the molecule is N[C@@H](CS)C(=O)N[C@@H](Cc1c[nH]c2ccccc12)C(=O)N[C@@H](Cc1ccccc1)C(=O)O. The third kappa shape index (κ3) is 5.89. The lowest BCUT2D eigenvalue weighted by atomic mass is 10.0. The molecule has 168 valence electrons. The Kier molecular flexibility index (Phi) is 7.91. The Labute approximate surface area is 191 Å². The minimum Gasteiger partial charge on any atom is -0.480 e. The van der Waals surface area contributed by atoms with Crippen LogP contribution in [0.15, 0.2) is 60.8 Å². The molecule has 1 heterocycles. The van der Waals surface area contributed by atoms with E-state index in [-0.39, 0.29) is 18.6 Å². The van der Waals surface area contributed by atoms with Gasteiger partial charge in [0.1, 0.15) is 12.1 Å². The van der Waals surface area contributed by atoms with Crippen LogP contribution in [0.2, 0.25) is 0 Å². The highest BCUT2D eigenvalue weighted by Crippen LogP contribution is 2.19. The van der Waals surface area contributed by atoms with Crippen LogP contribution < -0.4 is 16.4 Å². The van der Waals surface area contributed by atoms with E-state index >= 15 is 0 Å². The van der Waals surface area contributed by atoms with Gasteiger partial charge in [0.15, 0.2) is 0 Å². The molecule has 6 N–H and O–H groups in total. The van der Waals surface area contributed by atoms with E-state index in [1.807, 2.05) is 30.3 Å². The zero-order chi connectivity index (χ0) is 23.1. The Morgan fingerprint density at radius 3 is 2.28 bits per heavy atom. The van der Waals surface area contributed by atoms with E-state index < -0.39 is 35.9 Å². The molecule has 1 aromatic heterocycles. The molecule has 2 aromatic carbocycles. The molecule has 9 heteroatoms. The van der Waals surface area contributed by atoms with E-state index in [0.717, 1.165) is 22.0 Å². The summed E-state index contributed by atoms with van der Waals surface area (Å²) in [7, 11) is 0. The minimum atomic E-state index is -1.16. The van der Waals surface area contributed by atoms with Crippen molar-refractivity contribution < 1.29 is 19.5 Å². The van der Waals surface area contributed by atoms with Gasteiger partial charge in [-0.25, -0.2) is 4.79 Å². The van der Waals surface area contributed by atoms with Crippen LogP contribution in [0.25, 0.3) is 10.9 Å². The van der Waals surface area contributed by atoms with Gasteiger partial charge >= 0.3 is 5.97 Å². The van der Waals surface area contributed by atoms with Gasteiger partial charge in [-0.15, -0.1) is 0 Å². The molecular weight excluding hydrogens is 428 g/mol. The largest absolute Gasteiger partial charge is 0.480 e. The standard InChI is InChI=1S/C23H26N4O4S/c24-17(13-32)21(28)26-19(11-15-12-25-18-9-5-4-8-16(15)18)22(29)27-20(23(30)31)10-14-6-2-1-3-7-14/h1-9,12,17,19-20,25,32H,10-11,13,24H2,(H,26,28)(H,27,29)(H,30,31)/t17-,19-,20-/m0/s1. The number of nitrogens with two attached hydrogens (primary N) is 1. The Morgan fingerprint density at radius 1 is 0.938 bits per heavy atom. The summed E-state index contributed by atoms with van der Waals surface area (Å²) in [6, 6.07) is 13.5. The number of H-pyrrole nitrogens is 1. The highest BCUT2D eigenvalue weighted by Gasteiger charge is 2.28. The number of carbonyl (C=O) groups excluding carboxylic acids is 2. The van der Waals surface area contributed by atoms with Crippen LogP contribution in [-0.4, -0.2) is 51.8 Å². The first kappa shape index (κ1) is 23.4. The fraction of sp³-hybridized carbons (Fsp3) is 0.261. The van der Waals surface area contributed by atoms with Crippen molar-refractivity contribution in [3.63, 3.8) is 0 Å². The van der Waals surface area contributed by atoms with Crippen LogP contribution in [-0.2, 0) is 27.2 Å². The monoisotopic (exact) mass is 454 g/mol. The number of fused-ring (bicyclic) bond motifs is 1. The maximum absolute atomic E-state index is 13.1. The molecule has 0 saturated heterocycles. The summed E-state index contributed by atoms with van der Waals surface area (Å²) in [5.74, 6) is -2.18. The first-order chi connectivity index (χ1) is 15.4. The number of aromatic nitrogens is 1. The number of benzene rings is 2. The topological polar surface area (TPSA) is 137 Å². The van der Waals surface area contributed by atoms with E-state index in [1.54, 1.807) is 30.5 Å². The van der Waals surface area contributed by atoms with Crippen LogP contribution in [0.1, 0.15) is 11.1 Å². The Bertz CT molecular complexity index is 1090. The van der Waals surface area contributed by atoms with E-state index in [4.69, 9.17) is 5.73 Å². The Hall–Kier alpha value is -3.30. The lowest BCUT2D eigenvalue weighted by Crippen LogP contribution is -2.55. The summed E-state index contributed by atoms with van der Waals surface area (Å²) >= 11 is 4.04. The molecule has 3 atom stereocenters. The predicted molar refractivity (Wildman–Crippen MR) is 125 cm³/mol. The summed E-state index contributed by atoms with van der Waals surface area (Å²) < 4.78 is 0. The average molecular weight is 455 g/mol. The summed E-state index contributed by atoms with van der Waals surface area (Å²) in [6.07, 6.45) is 2.05. The number of hydrogen-bond donors (Lipinski definition) is 6. The van der Waals surface area contributed by atoms with Gasteiger partial charge in [-0.2, -0.15) is 12.6 Å². The molecule has 0 radical (unpaired) electrons. The van der Waals surface area contributed by atoms with Gasteiger partial charge in [0.05, 0.1) is 6.04 Å². The molecule has 0 aliphatic heterocycles. The molecule has 0 spiro atoms. The molecule has 3 rings (SSSR count). The molecule has 32 heavy (non-hydrogen) atoms. The Balaban J connectivity index is 1.81. The number of amides is 2. The number of thiol groups is 1. The lowest BCUT2D eigenvalue weighted by Gasteiger charge is -2.22. The molecule has 2 amide bonds. The summed E-state index contributed by atoms with van der Waals surface area (Å²) in [5, 5.41) is 15.8.